The second-order valence-corrected chi connectivity index (χ2v) is 12.3. The number of carbonyl (C=O) groups excluding carboxylic acids is 2. The number of halogens is 4. The Balaban J connectivity index is 0.000000215. The molecule has 2 aromatic heterocycles. The molecule has 3 aromatic carbocycles. The van der Waals surface area contributed by atoms with Crippen molar-refractivity contribution < 1.29 is 32.2 Å². The summed E-state index contributed by atoms with van der Waals surface area (Å²) in [5, 5.41) is 9.83. The van der Waals surface area contributed by atoms with Crippen LogP contribution in [0.3, 0.4) is 0 Å². The van der Waals surface area contributed by atoms with E-state index in [1.165, 1.54) is 16.8 Å². The normalized spacial score (nSPS) is 12.1. The Kier molecular flexibility index (Phi) is 8.73. The number of aromatic nitrogens is 4. The van der Waals surface area contributed by atoms with Gasteiger partial charge in [-0.1, -0.05) is 48.5 Å². The summed E-state index contributed by atoms with van der Waals surface area (Å²) in [6.07, 6.45) is -5.62. The summed E-state index contributed by atoms with van der Waals surface area (Å²) in [5.74, 6) is 0. The van der Waals surface area contributed by atoms with Crippen LogP contribution < -0.4 is 0 Å². The number of hydrogen-bond donors (Lipinski definition) is 0. The van der Waals surface area contributed by atoms with E-state index in [9.17, 15) is 22.8 Å². The maximum absolute atomic E-state index is 13.0. The van der Waals surface area contributed by atoms with Crippen LogP contribution in [0, 0.1) is 0 Å². The van der Waals surface area contributed by atoms with Crippen molar-refractivity contribution in [3.63, 3.8) is 0 Å². The summed E-state index contributed by atoms with van der Waals surface area (Å²) in [5.41, 5.74) is -0.263. The molecular weight excluding hydrogens is 629 g/mol. The minimum absolute atomic E-state index is 0.276. The summed E-state index contributed by atoms with van der Waals surface area (Å²) in [7, 11) is 0. The molecule has 0 radical (unpaired) electrons. The van der Waals surface area contributed by atoms with Gasteiger partial charge in [-0.15, -0.1) is 0 Å². The lowest BCUT2D eigenvalue weighted by Gasteiger charge is -2.19. The lowest BCUT2D eigenvalue weighted by Crippen LogP contribution is -2.27. The molecule has 226 valence electrons. The van der Waals surface area contributed by atoms with Crippen molar-refractivity contribution in [3.8, 4) is 11.3 Å². The molecule has 0 aliphatic carbocycles. The molecule has 5 aromatic rings. The topological polar surface area (TPSA) is 88.2 Å². The van der Waals surface area contributed by atoms with Crippen molar-refractivity contribution in [2.75, 3.05) is 0 Å². The number of nitrogens with zero attached hydrogens (tertiary/aromatic N) is 4. The van der Waals surface area contributed by atoms with Crippen LogP contribution in [0.15, 0.2) is 77.4 Å². The third-order valence-corrected chi connectivity index (χ3v) is 6.31. The monoisotopic (exact) mass is 658 g/mol. The van der Waals surface area contributed by atoms with Crippen LogP contribution in [0.5, 0.6) is 0 Å². The predicted molar refractivity (Wildman–Crippen MR) is 161 cm³/mol. The molecule has 43 heavy (non-hydrogen) atoms. The van der Waals surface area contributed by atoms with E-state index in [1.54, 1.807) is 45.0 Å². The molecule has 0 aliphatic heterocycles. The highest BCUT2D eigenvalue weighted by atomic mass is 79.9. The summed E-state index contributed by atoms with van der Waals surface area (Å²) in [6, 6.07) is 19.2. The maximum atomic E-state index is 13.0. The molecule has 8 nitrogen and oxygen atoms in total. The number of benzene rings is 3. The predicted octanol–water partition coefficient (Wildman–Crippen LogP) is 9.09. The molecule has 0 bridgehead atoms. The van der Waals surface area contributed by atoms with Gasteiger partial charge < -0.3 is 9.47 Å². The Bertz CT molecular complexity index is 1800. The lowest BCUT2D eigenvalue weighted by molar-refractivity contribution is -0.137. The van der Waals surface area contributed by atoms with Crippen molar-refractivity contribution in [1.82, 2.24) is 19.6 Å². The molecule has 2 heterocycles. The SMILES string of the molecule is CC(C)(C)OC(=O)n1nc(-c2cccc(C(F)(F)F)c2)c2ccccc21.CC(C)(C)OC(=O)n1nc(Br)c2ccccc21. The number of carbonyl (C=O) groups is 2. The Morgan fingerprint density at radius 1 is 0.698 bits per heavy atom. The van der Waals surface area contributed by atoms with E-state index in [4.69, 9.17) is 9.47 Å². The summed E-state index contributed by atoms with van der Waals surface area (Å²) in [6.45, 7) is 10.7. The zero-order valence-electron chi connectivity index (χ0n) is 24.4. The molecule has 0 atom stereocenters. The second-order valence-electron chi connectivity index (χ2n) is 11.5. The standard InChI is InChI=1S/C19H17F3N2O2.C12H13BrN2O2/c1-18(2,3)26-17(25)24-15-10-5-4-9-14(15)16(23-24)12-7-6-8-13(11-12)19(20,21)22;1-12(2,3)17-11(16)15-9-7-5-4-6-8(9)10(13)14-15/h4-11H,1-3H3;4-7H,1-3H3. The first-order valence-corrected chi connectivity index (χ1v) is 14.0. The van der Waals surface area contributed by atoms with E-state index in [0.29, 0.717) is 15.5 Å². The second kappa shape index (κ2) is 11.8. The van der Waals surface area contributed by atoms with Crippen LogP contribution in [-0.2, 0) is 15.7 Å². The van der Waals surface area contributed by atoms with Gasteiger partial charge in [0.15, 0.2) is 0 Å². The Hall–Kier alpha value is -4.19. The quantitative estimate of drug-likeness (QED) is 0.178. The van der Waals surface area contributed by atoms with Gasteiger partial charge in [0.1, 0.15) is 21.5 Å². The van der Waals surface area contributed by atoms with Crippen LogP contribution >= 0.6 is 15.9 Å². The van der Waals surface area contributed by atoms with Crippen molar-refractivity contribution >= 4 is 49.9 Å². The lowest BCUT2D eigenvalue weighted by atomic mass is 10.0. The molecule has 12 heteroatoms. The number of ether oxygens (including phenoxy) is 2. The maximum Gasteiger partial charge on any atom is 0.435 e. The van der Waals surface area contributed by atoms with Gasteiger partial charge in [-0.3, -0.25) is 0 Å². The van der Waals surface area contributed by atoms with Crippen LogP contribution in [0.25, 0.3) is 33.1 Å². The zero-order valence-corrected chi connectivity index (χ0v) is 25.9. The van der Waals surface area contributed by atoms with E-state index in [1.807, 2.05) is 45.0 Å². The molecule has 0 fully saturated rings. The molecular formula is C31H30BrF3N4O4. The van der Waals surface area contributed by atoms with E-state index < -0.39 is 35.1 Å². The van der Waals surface area contributed by atoms with E-state index >= 15 is 0 Å². The first kappa shape index (κ1) is 31.7. The number of para-hydroxylation sites is 2. The third-order valence-electron chi connectivity index (χ3n) is 5.73. The van der Waals surface area contributed by atoms with Gasteiger partial charge in [0.05, 0.1) is 16.6 Å². The van der Waals surface area contributed by atoms with E-state index in [0.717, 1.165) is 27.7 Å². The summed E-state index contributed by atoms with van der Waals surface area (Å²) in [4.78, 5) is 24.4. The van der Waals surface area contributed by atoms with Gasteiger partial charge >= 0.3 is 18.4 Å². The molecule has 0 N–H and O–H groups in total. The number of hydrogen-bond acceptors (Lipinski definition) is 6. The Morgan fingerprint density at radius 2 is 1.19 bits per heavy atom. The van der Waals surface area contributed by atoms with Gasteiger partial charge in [-0.05, 0) is 81.7 Å². The highest BCUT2D eigenvalue weighted by Crippen LogP contribution is 2.34. The highest BCUT2D eigenvalue weighted by molar-refractivity contribution is 9.10. The van der Waals surface area contributed by atoms with Crippen molar-refractivity contribution in [1.29, 1.82) is 0 Å². The van der Waals surface area contributed by atoms with Crippen molar-refractivity contribution in [3.05, 3.63) is 83.0 Å². The molecule has 0 saturated carbocycles. The van der Waals surface area contributed by atoms with E-state index in [-0.39, 0.29) is 11.3 Å². The fourth-order valence-corrected chi connectivity index (χ4v) is 4.53. The van der Waals surface area contributed by atoms with E-state index in [2.05, 4.69) is 26.1 Å². The average Bonchev–Trinajstić information content (AvgIpc) is 3.46. The van der Waals surface area contributed by atoms with Gasteiger partial charge in [0.25, 0.3) is 0 Å². The Labute approximate surface area is 254 Å². The molecule has 0 aliphatic rings. The molecule has 0 spiro atoms. The summed E-state index contributed by atoms with van der Waals surface area (Å²) < 4.78 is 52.7. The largest absolute Gasteiger partial charge is 0.442 e. The highest BCUT2D eigenvalue weighted by Gasteiger charge is 2.31. The Morgan fingerprint density at radius 3 is 1.72 bits per heavy atom. The summed E-state index contributed by atoms with van der Waals surface area (Å²) >= 11 is 3.33. The molecule has 0 saturated heterocycles. The van der Waals surface area contributed by atoms with Gasteiger partial charge in [-0.2, -0.15) is 32.7 Å². The number of alkyl halides is 3. The van der Waals surface area contributed by atoms with Gasteiger partial charge in [0.2, 0.25) is 0 Å². The number of rotatable bonds is 1. The smallest absolute Gasteiger partial charge is 0.435 e. The fourth-order valence-electron chi connectivity index (χ4n) is 4.04. The average molecular weight is 660 g/mol. The minimum Gasteiger partial charge on any atom is -0.442 e. The third kappa shape index (κ3) is 7.61. The van der Waals surface area contributed by atoms with Crippen molar-refractivity contribution in [2.24, 2.45) is 0 Å². The number of fused-ring (bicyclic) bond motifs is 2. The van der Waals surface area contributed by atoms with Crippen LogP contribution in [0.2, 0.25) is 0 Å². The fraction of sp³-hybridized carbons (Fsp3) is 0.290. The van der Waals surface area contributed by atoms with Gasteiger partial charge in [0, 0.05) is 16.3 Å². The van der Waals surface area contributed by atoms with Crippen LogP contribution in [0.1, 0.15) is 47.1 Å². The first-order chi connectivity index (χ1) is 19.9. The minimum atomic E-state index is -4.46. The molecule has 0 unspecified atom stereocenters. The zero-order chi connectivity index (χ0) is 31.7. The molecule has 5 rings (SSSR count). The first-order valence-electron chi connectivity index (χ1n) is 13.2. The van der Waals surface area contributed by atoms with Crippen molar-refractivity contribution in [2.45, 2.75) is 58.9 Å². The van der Waals surface area contributed by atoms with Crippen LogP contribution in [-0.4, -0.2) is 42.9 Å². The van der Waals surface area contributed by atoms with Gasteiger partial charge in [-0.25, -0.2) is 9.59 Å². The molecule has 0 amide bonds. The van der Waals surface area contributed by atoms with Crippen LogP contribution in [0.4, 0.5) is 22.8 Å².